The number of ether oxygens (including phenoxy) is 1. The van der Waals surface area contributed by atoms with Gasteiger partial charge in [-0.15, -0.1) is 11.3 Å². The van der Waals surface area contributed by atoms with Crippen molar-refractivity contribution in [2.24, 2.45) is 5.92 Å². The second-order valence-corrected chi connectivity index (χ2v) is 7.07. The Labute approximate surface area is 134 Å². The van der Waals surface area contributed by atoms with Gasteiger partial charge in [-0.3, -0.25) is 9.59 Å². The number of hydrogen-bond donors (Lipinski definition) is 1. The van der Waals surface area contributed by atoms with E-state index < -0.39 is 6.04 Å². The third kappa shape index (κ3) is 3.67. The monoisotopic (exact) mass is 322 g/mol. The molecule has 2 aliphatic rings. The highest BCUT2D eigenvalue weighted by Gasteiger charge is 2.36. The molecule has 0 bridgehead atoms. The zero-order valence-corrected chi connectivity index (χ0v) is 13.6. The normalized spacial score (nSPS) is 22.3. The van der Waals surface area contributed by atoms with Gasteiger partial charge in [0.1, 0.15) is 6.04 Å². The predicted molar refractivity (Wildman–Crippen MR) is 84.9 cm³/mol. The van der Waals surface area contributed by atoms with Gasteiger partial charge in [-0.05, 0) is 37.6 Å². The first-order valence-corrected chi connectivity index (χ1v) is 8.75. The highest BCUT2D eigenvalue weighted by Crippen LogP contribution is 2.29. The highest BCUT2D eigenvalue weighted by molar-refractivity contribution is 7.12. The minimum absolute atomic E-state index is 0.0271. The van der Waals surface area contributed by atoms with Crippen LogP contribution in [0.3, 0.4) is 0 Å². The maximum Gasteiger partial charge on any atom is 0.261 e. The maximum absolute atomic E-state index is 12.7. The second kappa shape index (κ2) is 6.79. The van der Waals surface area contributed by atoms with Gasteiger partial charge in [-0.25, -0.2) is 0 Å². The lowest BCUT2D eigenvalue weighted by Crippen LogP contribution is -2.49. The summed E-state index contributed by atoms with van der Waals surface area (Å²) >= 11 is 1.38. The Kier molecular flexibility index (Phi) is 4.78. The molecule has 1 saturated heterocycles. The largest absolute Gasteiger partial charge is 0.381 e. The molecule has 1 aromatic rings. The minimum atomic E-state index is -0.488. The number of carbonyl (C=O) groups is 2. The van der Waals surface area contributed by atoms with Crippen LogP contribution in [0.2, 0.25) is 0 Å². The molecule has 0 aromatic carbocycles. The van der Waals surface area contributed by atoms with Crippen LogP contribution in [0.4, 0.5) is 0 Å². The number of thiophene rings is 1. The molecule has 1 saturated carbocycles. The van der Waals surface area contributed by atoms with Gasteiger partial charge in [-0.1, -0.05) is 6.07 Å². The zero-order valence-electron chi connectivity index (χ0n) is 12.8. The van der Waals surface area contributed by atoms with Crippen LogP contribution in [0.1, 0.15) is 35.9 Å². The third-order valence-electron chi connectivity index (χ3n) is 4.21. The van der Waals surface area contributed by atoms with E-state index in [2.05, 4.69) is 5.32 Å². The molecule has 3 rings (SSSR count). The summed E-state index contributed by atoms with van der Waals surface area (Å²) in [7, 11) is 0. The van der Waals surface area contributed by atoms with Gasteiger partial charge in [0.15, 0.2) is 0 Å². The van der Waals surface area contributed by atoms with Crippen LogP contribution in [0, 0.1) is 5.92 Å². The molecule has 2 fully saturated rings. The maximum atomic E-state index is 12.7. The Bertz CT molecular complexity index is 522. The van der Waals surface area contributed by atoms with E-state index in [9.17, 15) is 9.59 Å². The van der Waals surface area contributed by atoms with Crippen molar-refractivity contribution in [2.45, 2.75) is 38.3 Å². The molecule has 6 heteroatoms. The molecule has 1 aromatic heterocycles. The van der Waals surface area contributed by atoms with E-state index in [0.717, 1.165) is 39.0 Å². The van der Waals surface area contributed by atoms with Gasteiger partial charge < -0.3 is 15.0 Å². The number of nitrogens with one attached hydrogen (secondary N) is 1. The van der Waals surface area contributed by atoms with Crippen molar-refractivity contribution in [3.05, 3.63) is 22.4 Å². The molecule has 1 aliphatic carbocycles. The SMILES string of the molecule is CC(NC(=O)c1cccs1)C(=O)N(CC1CCOC1)C1CC1. The van der Waals surface area contributed by atoms with E-state index in [1.807, 2.05) is 16.3 Å². The van der Waals surface area contributed by atoms with Crippen LogP contribution in [0.5, 0.6) is 0 Å². The first-order chi connectivity index (χ1) is 10.6. The lowest BCUT2D eigenvalue weighted by molar-refractivity contribution is -0.134. The minimum Gasteiger partial charge on any atom is -0.381 e. The van der Waals surface area contributed by atoms with E-state index in [1.54, 1.807) is 13.0 Å². The molecule has 2 unspecified atom stereocenters. The van der Waals surface area contributed by atoms with Crippen molar-refractivity contribution in [1.82, 2.24) is 10.2 Å². The fourth-order valence-electron chi connectivity index (χ4n) is 2.80. The van der Waals surface area contributed by atoms with Gasteiger partial charge in [0.05, 0.1) is 11.5 Å². The molecule has 1 aliphatic heterocycles. The van der Waals surface area contributed by atoms with Crippen molar-refractivity contribution >= 4 is 23.2 Å². The highest BCUT2D eigenvalue weighted by atomic mass is 32.1. The fraction of sp³-hybridized carbons (Fsp3) is 0.625. The lowest BCUT2D eigenvalue weighted by Gasteiger charge is -2.28. The van der Waals surface area contributed by atoms with Crippen molar-refractivity contribution in [2.75, 3.05) is 19.8 Å². The summed E-state index contributed by atoms with van der Waals surface area (Å²) < 4.78 is 5.41. The summed E-state index contributed by atoms with van der Waals surface area (Å²) in [4.78, 5) is 27.4. The molecule has 22 heavy (non-hydrogen) atoms. The molecule has 2 atom stereocenters. The molecule has 2 amide bonds. The summed E-state index contributed by atoms with van der Waals surface area (Å²) in [6, 6.07) is 3.47. The predicted octanol–water partition coefficient (Wildman–Crippen LogP) is 1.89. The summed E-state index contributed by atoms with van der Waals surface area (Å²) in [6.07, 6.45) is 3.17. The van der Waals surface area contributed by atoms with E-state index in [-0.39, 0.29) is 11.8 Å². The Morgan fingerprint density at radius 1 is 1.45 bits per heavy atom. The molecule has 0 radical (unpaired) electrons. The average molecular weight is 322 g/mol. The molecule has 1 N–H and O–H groups in total. The van der Waals surface area contributed by atoms with Gasteiger partial charge in [-0.2, -0.15) is 0 Å². The van der Waals surface area contributed by atoms with Crippen LogP contribution >= 0.6 is 11.3 Å². The van der Waals surface area contributed by atoms with Gasteiger partial charge in [0, 0.05) is 25.1 Å². The van der Waals surface area contributed by atoms with Crippen LogP contribution in [0.15, 0.2) is 17.5 Å². The Hall–Kier alpha value is -1.40. The molecule has 5 nitrogen and oxygen atoms in total. The quantitative estimate of drug-likeness (QED) is 0.870. The van der Waals surface area contributed by atoms with Crippen molar-refractivity contribution in [1.29, 1.82) is 0 Å². The molecule has 120 valence electrons. The first kappa shape index (κ1) is 15.5. The number of nitrogens with zero attached hydrogens (tertiary/aromatic N) is 1. The first-order valence-electron chi connectivity index (χ1n) is 7.87. The van der Waals surface area contributed by atoms with Gasteiger partial charge in [0.2, 0.25) is 5.91 Å². The van der Waals surface area contributed by atoms with E-state index in [0.29, 0.717) is 16.8 Å². The van der Waals surface area contributed by atoms with Crippen molar-refractivity contribution in [3.8, 4) is 0 Å². The molecular formula is C16H22N2O3S. The van der Waals surface area contributed by atoms with Crippen LogP contribution in [0.25, 0.3) is 0 Å². The van der Waals surface area contributed by atoms with Crippen molar-refractivity contribution in [3.63, 3.8) is 0 Å². The molecule has 2 heterocycles. The van der Waals surface area contributed by atoms with Gasteiger partial charge >= 0.3 is 0 Å². The summed E-state index contributed by atoms with van der Waals surface area (Å²) in [5.74, 6) is 0.292. The van der Waals surface area contributed by atoms with Crippen LogP contribution in [-0.2, 0) is 9.53 Å². The zero-order chi connectivity index (χ0) is 15.5. The number of amides is 2. The topological polar surface area (TPSA) is 58.6 Å². The van der Waals surface area contributed by atoms with Crippen molar-refractivity contribution < 1.29 is 14.3 Å². The van der Waals surface area contributed by atoms with Crippen LogP contribution < -0.4 is 5.32 Å². The van der Waals surface area contributed by atoms with Crippen LogP contribution in [-0.4, -0.2) is 48.6 Å². The van der Waals surface area contributed by atoms with E-state index in [4.69, 9.17) is 4.74 Å². The Morgan fingerprint density at radius 3 is 2.86 bits per heavy atom. The fourth-order valence-corrected chi connectivity index (χ4v) is 3.42. The summed E-state index contributed by atoms with van der Waals surface area (Å²) in [5.41, 5.74) is 0. The number of hydrogen-bond acceptors (Lipinski definition) is 4. The Morgan fingerprint density at radius 2 is 2.27 bits per heavy atom. The van der Waals surface area contributed by atoms with E-state index in [1.165, 1.54) is 11.3 Å². The number of rotatable bonds is 6. The average Bonchev–Trinajstić information content (AvgIpc) is 3.01. The summed E-state index contributed by atoms with van der Waals surface area (Å²) in [6.45, 7) is 4.06. The number of carbonyl (C=O) groups excluding carboxylic acids is 2. The van der Waals surface area contributed by atoms with Gasteiger partial charge in [0.25, 0.3) is 5.91 Å². The van der Waals surface area contributed by atoms with E-state index >= 15 is 0 Å². The molecule has 0 spiro atoms. The lowest BCUT2D eigenvalue weighted by atomic mass is 10.1. The third-order valence-corrected chi connectivity index (χ3v) is 5.08. The summed E-state index contributed by atoms with van der Waals surface area (Å²) in [5, 5.41) is 4.68. The molecular weight excluding hydrogens is 300 g/mol. The standard InChI is InChI=1S/C16H22N2O3S/c1-11(17-15(19)14-3-2-8-22-14)16(20)18(13-4-5-13)9-12-6-7-21-10-12/h2-3,8,11-13H,4-7,9-10H2,1H3,(H,17,19). The Balaban J connectivity index is 1.58. The smallest absolute Gasteiger partial charge is 0.261 e. The second-order valence-electron chi connectivity index (χ2n) is 6.12.